The first-order valence-corrected chi connectivity index (χ1v) is 13.2. The van der Waals surface area contributed by atoms with E-state index in [1.165, 1.54) is 16.8 Å². The van der Waals surface area contributed by atoms with E-state index >= 15 is 0 Å². The number of para-hydroxylation sites is 2. The molecule has 10 heteroatoms. The van der Waals surface area contributed by atoms with Crippen LogP contribution in [0.5, 0.6) is 5.75 Å². The summed E-state index contributed by atoms with van der Waals surface area (Å²) in [6.07, 6.45) is 5.74. The molecule has 2 amide bonds. The first kappa shape index (κ1) is 23.1. The number of piperidine rings is 1. The molecule has 9 nitrogen and oxygen atoms in total. The number of ether oxygens (including phenoxy) is 1. The zero-order valence-electron chi connectivity index (χ0n) is 19.6. The second-order valence-electron chi connectivity index (χ2n) is 8.97. The maximum Gasteiger partial charge on any atom is 0.323 e. The molecule has 2 aliphatic rings. The van der Waals surface area contributed by atoms with Gasteiger partial charge in [-0.2, -0.15) is 0 Å². The predicted octanol–water partition coefficient (Wildman–Crippen LogP) is 3.50. The van der Waals surface area contributed by atoms with Crippen LogP contribution in [0.4, 0.5) is 16.3 Å². The Morgan fingerprint density at radius 3 is 2.43 bits per heavy atom. The van der Waals surface area contributed by atoms with Gasteiger partial charge in [0, 0.05) is 30.6 Å². The summed E-state index contributed by atoms with van der Waals surface area (Å²) >= 11 is 0. The summed E-state index contributed by atoms with van der Waals surface area (Å²) in [5, 5.41) is 2.83. The molecule has 1 saturated heterocycles. The first-order chi connectivity index (χ1) is 16.8. The summed E-state index contributed by atoms with van der Waals surface area (Å²) in [6.45, 7) is 1.45. The van der Waals surface area contributed by atoms with Crippen LogP contribution in [0, 0.1) is 0 Å². The molecule has 1 N–H and O–H groups in total. The van der Waals surface area contributed by atoms with Gasteiger partial charge in [0.2, 0.25) is 10.0 Å². The molecule has 3 heterocycles. The number of rotatable bonds is 4. The number of hydrogen-bond donors (Lipinski definition) is 1. The average Bonchev–Trinajstić information content (AvgIpc) is 3.19. The Hall–Kier alpha value is -3.66. The highest BCUT2D eigenvalue weighted by Crippen LogP contribution is 2.47. The standard InChI is InChI=1S/C25H27N5O4S/c1-34-22-10-6-3-7-18(22)20-15-27-23(16-26-20)28-24(31)29-13-11-25(12-14-29)17-30(35(2,32)33)21-9-5-4-8-19(21)25/h3-10,15-16H,11-14,17H2,1-2H3,(H,27,28,31). The molecule has 1 aromatic heterocycles. The lowest BCUT2D eigenvalue weighted by molar-refractivity contribution is 0.173. The van der Waals surface area contributed by atoms with Crippen molar-refractivity contribution in [3.63, 3.8) is 0 Å². The van der Waals surface area contributed by atoms with Gasteiger partial charge < -0.3 is 9.64 Å². The number of hydrogen-bond acceptors (Lipinski definition) is 6. The van der Waals surface area contributed by atoms with Crippen LogP contribution in [0.25, 0.3) is 11.3 Å². The number of carbonyl (C=O) groups is 1. The van der Waals surface area contributed by atoms with Gasteiger partial charge in [0.05, 0.1) is 37.1 Å². The summed E-state index contributed by atoms with van der Waals surface area (Å²) in [5.74, 6) is 1.06. The third kappa shape index (κ3) is 4.29. The summed E-state index contributed by atoms with van der Waals surface area (Å²) in [7, 11) is -1.77. The van der Waals surface area contributed by atoms with Crippen LogP contribution in [-0.2, 0) is 15.4 Å². The molecule has 0 unspecified atom stereocenters. The highest BCUT2D eigenvalue weighted by atomic mass is 32.2. The van der Waals surface area contributed by atoms with Crippen LogP contribution in [0.1, 0.15) is 18.4 Å². The number of aromatic nitrogens is 2. The van der Waals surface area contributed by atoms with E-state index in [-0.39, 0.29) is 11.4 Å². The number of urea groups is 1. The lowest BCUT2D eigenvalue weighted by Crippen LogP contribution is -2.48. The van der Waals surface area contributed by atoms with Gasteiger partial charge in [-0.1, -0.05) is 30.3 Å². The molecule has 0 atom stereocenters. The monoisotopic (exact) mass is 493 g/mol. The third-order valence-electron chi connectivity index (χ3n) is 6.87. The number of benzene rings is 2. The minimum atomic E-state index is -3.37. The Morgan fingerprint density at radius 2 is 1.74 bits per heavy atom. The smallest absolute Gasteiger partial charge is 0.323 e. The molecule has 0 saturated carbocycles. The molecule has 2 aliphatic heterocycles. The highest BCUT2D eigenvalue weighted by Gasteiger charge is 2.47. The molecule has 1 spiro atoms. The normalized spacial score (nSPS) is 16.7. The lowest BCUT2D eigenvalue weighted by atomic mass is 9.74. The van der Waals surface area contributed by atoms with Gasteiger partial charge in [-0.3, -0.25) is 14.6 Å². The minimum Gasteiger partial charge on any atom is -0.496 e. The molecule has 3 aromatic rings. The van der Waals surface area contributed by atoms with Crippen LogP contribution >= 0.6 is 0 Å². The molecule has 0 aliphatic carbocycles. The summed E-state index contributed by atoms with van der Waals surface area (Å²) in [4.78, 5) is 23.4. The van der Waals surface area contributed by atoms with Gasteiger partial charge >= 0.3 is 6.03 Å². The SMILES string of the molecule is COc1ccccc1-c1cnc(NC(=O)N2CCC3(CC2)CN(S(C)(=O)=O)c2ccccc23)cn1. The van der Waals surface area contributed by atoms with Crippen LogP contribution in [0.3, 0.4) is 0 Å². The molecule has 0 bridgehead atoms. The largest absolute Gasteiger partial charge is 0.496 e. The number of anilines is 2. The van der Waals surface area contributed by atoms with E-state index in [1.807, 2.05) is 48.5 Å². The van der Waals surface area contributed by atoms with Crippen molar-refractivity contribution in [2.45, 2.75) is 18.3 Å². The Kier molecular flexibility index (Phi) is 5.84. The second kappa shape index (κ2) is 8.84. The molecule has 5 rings (SSSR count). The van der Waals surface area contributed by atoms with Crippen molar-refractivity contribution < 1.29 is 17.9 Å². The van der Waals surface area contributed by atoms with Crippen molar-refractivity contribution in [2.75, 3.05) is 42.6 Å². The van der Waals surface area contributed by atoms with E-state index in [4.69, 9.17) is 4.74 Å². The maximum absolute atomic E-state index is 12.9. The van der Waals surface area contributed by atoms with Crippen LogP contribution in [0.2, 0.25) is 0 Å². The van der Waals surface area contributed by atoms with Crippen LogP contribution in [-0.4, -0.2) is 62.3 Å². The quantitative estimate of drug-likeness (QED) is 0.597. The number of carbonyl (C=O) groups excluding carboxylic acids is 1. The zero-order valence-corrected chi connectivity index (χ0v) is 20.5. The minimum absolute atomic E-state index is 0.245. The fourth-order valence-corrected chi connectivity index (χ4v) is 6.02. The number of amides is 2. The Balaban J connectivity index is 1.26. The molecule has 1 fully saturated rings. The van der Waals surface area contributed by atoms with Crippen molar-refractivity contribution in [3.05, 3.63) is 66.5 Å². The maximum atomic E-state index is 12.9. The number of methoxy groups -OCH3 is 1. The van der Waals surface area contributed by atoms with Gasteiger partial charge in [-0.25, -0.2) is 18.2 Å². The van der Waals surface area contributed by atoms with Crippen molar-refractivity contribution in [2.24, 2.45) is 0 Å². The number of fused-ring (bicyclic) bond motifs is 2. The van der Waals surface area contributed by atoms with E-state index in [1.54, 1.807) is 18.2 Å². The van der Waals surface area contributed by atoms with E-state index < -0.39 is 10.0 Å². The topological polar surface area (TPSA) is 105 Å². The van der Waals surface area contributed by atoms with E-state index in [2.05, 4.69) is 15.3 Å². The average molecular weight is 494 g/mol. The van der Waals surface area contributed by atoms with Crippen molar-refractivity contribution in [1.82, 2.24) is 14.9 Å². The molecule has 35 heavy (non-hydrogen) atoms. The van der Waals surface area contributed by atoms with Gasteiger partial charge in [0.25, 0.3) is 0 Å². The van der Waals surface area contributed by atoms with Gasteiger partial charge in [-0.15, -0.1) is 0 Å². The summed E-state index contributed by atoms with van der Waals surface area (Å²) in [6, 6.07) is 15.0. The van der Waals surface area contributed by atoms with E-state index in [0.29, 0.717) is 49.7 Å². The molecule has 182 valence electrons. The van der Waals surface area contributed by atoms with E-state index in [9.17, 15) is 13.2 Å². The number of nitrogens with one attached hydrogen (secondary N) is 1. The lowest BCUT2D eigenvalue weighted by Gasteiger charge is -2.39. The number of nitrogens with zero attached hydrogens (tertiary/aromatic N) is 4. The van der Waals surface area contributed by atoms with Crippen molar-refractivity contribution in [3.8, 4) is 17.0 Å². The van der Waals surface area contributed by atoms with Gasteiger partial charge in [0.15, 0.2) is 5.82 Å². The van der Waals surface area contributed by atoms with Gasteiger partial charge in [-0.05, 0) is 36.6 Å². The van der Waals surface area contributed by atoms with Crippen molar-refractivity contribution in [1.29, 1.82) is 0 Å². The molecule has 2 aromatic carbocycles. The predicted molar refractivity (Wildman–Crippen MR) is 134 cm³/mol. The summed E-state index contributed by atoms with van der Waals surface area (Å²) in [5.41, 5.74) is 2.98. The highest BCUT2D eigenvalue weighted by molar-refractivity contribution is 7.92. The van der Waals surface area contributed by atoms with E-state index in [0.717, 1.165) is 16.8 Å². The van der Waals surface area contributed by atoms with Gasteiger partial charge in [0.1, 0.15) is 5.75 Å². The molecular weight excluding hydrogens is 466 g/mol. The Bertz CT molecular complexity index is 1350. The Labute approximate surface area is 204 Å². The summed E-state index contributed by atoms with van der Waals surface area (Å²) < 4.78 is 31.6. The molecule has 0 radical (unpaired) electrons. The van der Waals surface area contributed by atoms with Crippen LogP contribution in [0.15, 0.2) is 60.9 Å². The molecular formula is C25H27N5O4S. The fourth-order valence-electron chi connectivity index (χ4n) is 5.02. The Morgan fingerprint density at radius 1 is 1.03 bits per heavy atom. The third-order valence-corrected chi connectivity index (χ3v) is 7.99. The van der Waals surface area contributed by atoms with Crippen molar-refractivity contribution >= 4 is 27.6 Å². The number of sulfonamides is 1. The van der Waals surface area contributed by atoms with Crippen LogP contribution < -0.4 is 14.4 Å². The fraction of sp³-hybridized carbons (Fsp3) is 0.320. The first-order valence-electron chi connectivity index (χ1n) is 11.4. The second-order valence-corrected chi connectivity index (χ2v) is 10.9. The zero-order chi connectivity index (χ0) is 24.6. The number of likely N-dealkylation sites (tertiary alicyclic amines) is 1.